The lowest BCUT2D eigenvalue weighted by Gasteiger charge is -2.40. The van der Waals surface area contributed by atoms with E-state index in [0.717, 1.165) is 25.9 Å². The van der Waals surface area contributed by atoms with Crippen molar-refractivity contribution in [2.75, 3.05) is 20.1 Å². The molecule has 0 unspecified atom stereocenters. The Morgan fingerprint density at radius 1 is 1.50 bits per heavy atom. The van der Waals surface area contributed by atoms with Crippen LogP contribution in [-0.2, 0) is 4.79 Å². The molecule has 80 valence electrons. The second-order valence-electron chi connectivity index (χ2n) is 3.93. The number of hydrogen-bond donors (Lipinski definition) is 2. The lowest BCUT2D eigenvalue weighted by Crippen LogP contribution is -2.60. The number of rotatable bonds is 2. The molecule has 0 bridgehead atoms. The van der Waals surface area contributed by atoms with Crippen LogP contribution in [0.4, 0.5) is 0 Å². The van der Waals surface area contributed by atoms with Crippen molar-refractivity contribution in [1.29, 1.82) is 0 Å². The minimum absolute atomic E-state index is 0.0673. The highest BCUT2D eigenvalue weighted by atomic mass is 32.1. The van der Waals surface area contributed by atoms with Gasteiger partial charge in [-0.2, -0.15) is 0 Å². The van der Waals surface area contributed by atoms with Crippen molar-refractivity contribution in [3.05, 3.63) is 0 Å². The molecule has 0 saturated carbocycles. The van der Waals surface area contributed by atoms with Crippen molar-refractivity contribution >= 4 is 23.1 Å². The third-order valence-electron chi connectivity index (χ3n) is 2.73. The van der Waals surface area contributed by atoms with Crippen LogP contribution >= 0.6 is 12.2 Å². The average molecular weight is 215 g/mol. The number of thiocarbonyl (C=S) groups is 1. The Bertz CT molecular complexity index is 246. The van der Waals surface area contributed by atoms with Gasteiger partial charge in [-0.15, -0.1) is 0 Å². The zero-order valence-corrected chi connectivity index (χ0v) is 9.49. The maximum Gasteiger partial charge on any atom is 0.217 e. The Morgan fingerprint density at radius 2 is 2.00 bits per heavy atom. The van der Waals surface area contributed by atoms with E-state index in [0.29, 0.717) is 4.99 Å². The predicted octanol–water partition coefficient (Wildman–Crippen LogP) is -0.127. The molecule has 1 fully saturated rings. The molecule has 0 radical (unpaired) electrons. The quantitative estimate of drug-likeness (QED) is 0.630. The number of nitrogens with two attached hydrogens (primary N) is 1. The summed E-state index contributed by atoms with van der Waals surface area (Å²) in [5, 5.41) is 2.88. The van der Waals surface area contributed by atoms with Crippen molar-refractivity contribution in [3.8, 4) is 0 Å². The van der Waals surface area contributed by atoms with Crippen LogP contribution in [0, 0.1) is 0 Å². The standard InChI is InChI=1S/C9H17N3OS/c1-7(13)11-9(8(10)14)3-5-12(2)6-4-9/h3-6H2,1-2H3,(H2,10,14)(H,11,13). The zero-order chi connectivity index (χ0) is 10.8. The Balaban J connectivity index is 2.73. The van der Waals surface area contributed by atoms with E-state index in [1.807, 2.05) is 0 Å². The number of carbonyl (C=O) groups is 1. The first kappa shape index (κ1) is 11.4. The van der Waals surface area contributed by atoms with Gasteiger partial charge in [-0.1, -0.05) is 12.2 Å². The number of nitrogens with one attached hydrogen (secondary N) is 1. The van der Waals surface area contributed by atoms with E-state index in [-0.39, 0.29) is 5.91 Å². The van der Waals surface area contributed by atoms with Crippen LogP contribution in [0.3, 0.4) is 0 Å². The van der Waals surface area contributed by atoms with E-state index < -0.39 is 5.54 Å². The number of amides is 1. The van der Waals surface area contributed by atoms with Gasteiger partial charge in [0.05, 0.1) is 10.5 Å². The van der Waals surface area contributed by atoms with Crippen LogP contribution in [0.2, 0.25) is 0 Å². The van der Waals surface area contributed by atoms with Gasteiger partial charge in [0.25, 0.3) is 0 Å². The number of nitrogens with zero attached hydrogens (tertiary/aromatic N) is 1. The largest absolute Gasteiger partial charge is 0.391 e. The summed E-state index contributed by atoms with van der Waals surface area (Å²) in [5.41, 5.74) is 5.24. The molecule has 14 heavy (non-hydrogen) atoms. The van der Waals surface area contributed by atoms with Gasteiger partial charge < -0.3 is 16.0 Å². The van der Waals surface area contributed by atoms with Crippen LogP contribution < -0.4 is 11.1 Å². The van der Waals surface area contributed by atoms with Gasteiger partial charge in [-0.3, -0.25) is 4.79 Å². The molecule has 1 heterocycles. The molecule has 0 aromatic heterocycles. The molecule has 1 aliphatic rings. The first-order valence-electron chi connectivity index (χ1n) is 4.73. The summed E-state index contributed by atoms with van der Waals surface area (Å²) in [6, 6.07) is 0. The maximum absolute atomic E-state index is 11.1. The van der Waals surface area contributed by atoms with Crippen molar-refractivity contribution in [2.45, 2.75) is 25.3 Å². The Hall–Kier alpha value is -0.680. The van der Waals surface area contributed by atoms with Gasteiger partial charge in [-0.05, 0) is 19.9 Å². The number of likely N-dealkylation sites (tertiary alicyclic amines) is 1. The number of carbonyl (C=O) groups excluding carboxylic acids is 1. The van der Waals surface area contributed by atoms with E-state index in [1.165, 1.54) is 6.92 Å². The SMILES string of the molecule is CC(=O)NC1(C(N)=S)CCN(C)CC1. The molecule has 0 spiro atoms. The summed E-state index contributed by atoms with van der Waals surface area (Å²) >= 11 is 5.03. The van der Waals surface area contributed by atoms with Crippen LogP contribution in [0.5, 0.6) is 0 Å². The lowest BCUT2D eigenvalue weighted by atomic mass is 9.87. The maximum atomic E-state index is 11.1. The van der Waals surface area contributed by atoms with Gasteiger partial charge in [-0.25, -0.2) is 0 Å². The minimum atomic E-state index is -0.451. The first-order valence-corrected chi connectivity index (χ1v) is 5.14. The van der Waals surface area contributed by atoms with Crippen molar-refractivity contribution in [1.82, 2.24) is 10.2 Å². The Labute approximate surface area is 89.8 Å². The van der Waals surface area contributed by atoms with Gasteiger partial charge >= 0.3 is 0 Å². The van der Waals surface area contributed by atoms with Crippen molar-refractivity contribution < 1.29 is 4.79 Å². The summed E-state index contributed by atoms with van der Waals surface area (Å²) in [4.78, 5) is 13.7. The summed E-state index contributed by atoms with van der Waals surface area (Å²) in [5.74, 6) is -0.0673. The molecule has 0 atom stereocenters. The zero-order valence-electron chi connectivity index (χ0n) is 8.67. The second-order valence-corrected chi connectivity index (χ2v) is 4.37. The molecule has 0 aromatic carbocycles. The summed E-state index contributed by atoms with van der Waals surface area (Å²) in [7, 11) is 2.05. The average Bonchev–Trinajstić information content (AvgIpc) is 2.08. The third kappa shape index (κ3) is 2.42. The Kier molecular flexibility index (Phi) is 3.44. The fourth-order valence-corrected chi connectivity index (χ4v) is 2.03. The number of piperidine rings is 1. The molecule has 1 amide bonds. The van der Waals surface area contributed by atoms with Gasteiger partial charge in [0.2, 0.25) is 5.91 Å². The van der Waals surface area contributed by atoms with Crippen molar-refractivity contribution in [3.63, 3.8) is 0 Å². The highest BCUT2D eigenvalue weighted by Gasteiger charge is 2.37. The van der Waals surface area contributed by atoms with Gasteiger partial charge in [0, 0.05) is 20.0 Å². The molecular formula is C9H17N3OS. The number of hydrogen-bond acceptors (Lipinski definition) is 3. The summed E-state index contributed by atoms with van der Waals surface area (Å²) < 4.78 is 0. The smallest absolute Gasteiger partial charge is 0.217 e. The van der Waals surface area contributed by atoms with Crippen LogP contribution in [0.15, 0.2) is 0 Å². The van der Waals surface area contributed by atoms with Crippen LogP contribution in [-0.4, -0.2) is 41.5 Å². The molecule has 0 aliphatic carbocycles. The first-order chi connectivity index (χ1) is 6.46. The topological polar surface area (TPSA) is 58.4 Å². The van der Waals surface area contributed by atoms with Crippen LogP contribution in [0.1, 0.15) is 19.8 Å². The predicted molar refractivity (Wildman–Crippen MR) is 60.1 cm³/mol. The van der Waals surface area contributed by atoms with E-state index in [9.17, 15) is 4.79 Å². The monoisotopic (exact) mass is 215 g/mol. The highest BCUT2D eigenvalue weighted by Crippen LogP contribution is 2.21. The van der Waals surface area contributed by atoms with E-state index >= 15 is 0 Å². The highest BCUT2D eigenvalue weighted by molar-refractivity contribution is 7.80. The van der Waals surface area contributed by atoms with Crippen LogP contribution in [0.25, 0.3) is 0 Å². The molecule has 1 aliphatic heterocycles. The summed E-state index contributed by atoms with van der Waals surface area (Å²) in [6.07, 6.45) is 1.61. The molecular weight excluding hydrogens is 198 g/mol. The second kappa shape index (κ2) is 4.23. The van der Waals surface area contributed by atoms with Crippen molar-refractivity contribution in [2.24, 2.45) is 5.73 Å². The molecule has 1 rings (SSSR count). The molecule has 4 nitrogen and oxygen atoms in total. The molecule has 1 saturated heterocycles. The van der Waals surface area contributed by atoms with Gasteiger partial charge in [0.15, 0.2) is 0 Å². The Morgan fingerprint density at radius 3 is 2.36 bits per heavy atom. The summed E-state index contributed by atoms with van der Waals surface area (Å²) in [6.45, 7) is 3.33. The fourth-order valence-electron chi connectivity index (χ4n) is 1.77. The molecule has 3 N–H and O–H groups in total. The van der Waals surface area contributed by atoms with E-state index in [4.69, 9.17) is 18.0 Å². The fraction of sp³-hybridized carbons (Fsp3) is 0.778. The van der Waals surface area contributed by atoms with E-state index in [1.54, 1.807) is 0 Å². The third-order valence-corrected chi connectivity index (χ3v) is 3.12. The lowest BCUT2D eigenvalue weighted by molar-refractivity contribution is -0.120. The van der Waals surface area contributed by atoms with E-state index in [2.05, 4.69) is 17.3 Å². The normalized spacial score (nSPS) is 21.6. The van der Waals surface area contributed by atoms with Gasteiger partial charge in [0.1, 0.15) is 0 Å². The molecule has 5 heteroatoms. The minimum Gasteiger partial charge on any atom is -0.391 e. The molecule has 0 aromatic rings.